The fourth-order valence-corrected chi connectivity index (χ4v) is 1.79. The average molecular weight is 271 g/mol. The lowest BCUT2D eigenvalue weighted by Gasteiger charge is -2.31. The molecule has 3 nitrogen and oxygen atoms in total. The van der Waals surface area contributed by atoms with Crippen LogP contribution in [-0.4, -0.2) is 11.8 Å². The number of halogens is 1. The van der Waals surface area contributed by atoms with Crippen LogP contribution in [-0.2, 0) is 4.74 Å². The van der Waals surface area contributed by atoms with E-state index in [0.717, 1.165) is 10.0 Å². The summed E-state index contributed by atoms with van der Waals surface area (Å²) in [4.78, 5) is 11.6. The van der Waals surface area contributed by atoms with Crippen LogP contribution in [0.4, 0.5) is 0 Å². The zero-order valence-electron chi connectivity index (χ0n) is 8.76. The predicted molar refractivity (Wildman–Crippen MR) is 59.0 cm³/mol. The minimum Gasteiger partial charge on any atom is -0.452 e. The first kappa shape index (κ1) is 10.5. The van der Waals surface area contributed by atoms with E-state index in [1.165, 1.54) is 0 Å². The molecule has 4 heteroatoms. The number of aryl methyl sites for hydroxylation is 1. The van der Waals surface area contributed by atoms with E-state index in [1.54, 1.807) is 26.0 Å². The number of benzene rings is 1. The molecule has 0 fully saturated rings. The molecule has 0 aliphatic carbocycles. The first-order chi connectivity index (χ1) is 6.89. The van der Waals surface area contributed by atoms with Gasteiger partial charge in [-0.1, -0.05) is 15.9 Å². The topological polar surface area (TPSA) is 35.5 Å². The molecule has 0 amide bonds. The SMILES string of the molecule is Cc1cc2c(cc1Br)OC(C)(C)OC2=O. The lowest BCUT2D eigenvalue weighted by molar-refractivity contribution is -0.127. The third kappa shape index (κ3) is 1.86. The highest BCUT2D eigenvalue weighted by Crippen LogP contribution is 2.34. The van der Waals surface area contributed by atoms with Gasteiger partial charge in [0.05, 0.1) is 0 Å². The summed E-state index contributed by atoms with van der Waals surface area (Å²) in [5, 5.41) is 0. The summed E-state index contributed by atoms with van der Waals surface area (Å²) in [5.41, 5.74) is 1.46. The number of esters is 1. The van der Waals surface area contributed by atoms with Gasteiger partial charge in [-0.3, -0.25) is 0 Å². The van der Waals surface area contributed by atoms with Crippen molar-refractivity contribution >= 4 is 21.9 Å². The smallest absolute Gasteiger partial charge is 0.345 e. The summed E-state index contributed by atoms with van der Waals surface area (Å²) in [6, 6.07) is 3.56. The summed E-state index contributed by atoms with van der Waals surface area (Å²) >= 11 is 3.40. The first-order valence-electron chi connectivity index (χ1n) is 4.61. The van der Waals surface area contributed by atoms with Gasteiger partial charge in [0, 0.05) is 18.3 Å². The van der Waals surface area contributed by atoms with E-state index in [0.29, 0.717) is 11.3 Å². The number of hydrogen-bond acceptors (Lipinski definition) is 3. The lowest BCUT2D eigenvalue weighted by Crippen LogP contribution is -2.38. The molecule has 0 unspecified atom stereocenters. The summed E-state index contributed by atoms with van der Waals surface area (Å²) in [5.74, 6) is -0.663. The second-order valence-corrected chi connectivity index (χ2v) is 4.84. The van der Waals surface area contributed by atoms with Crippen LogP contribution in [0.25, 0.3) is 0 Å². The minimum absolute atomic E-state index is 0.336. The highest BCUT2D eigenvalue weighted by Gasteiger charge is 2.34. The molecule has 0 saturated carbocycles. The van der Waals surface area contributed by atoms with E-state index in [4.69, 9.17) is 9.47 Å². The van der Waals surface area contributed by atoms with Crippen LogP contribution in [0.5, 0.6) is 5.75 Å². The van der Waals surface area contributed by atoms with Gasteiger partial charge in [0.2, 0.25) is 5.79 Å². The van der Waals surface area contributed by atoms with Crippen molar-refractivity contribution < 1.29 is 14.3 Å². The van der Waals surface area contributed by atoms with Crippen LogP contribution < -0.4 is 4.74 Å². The maximum absolute atomic E-state index is 11.6. The lowest BCUT2D eigenvalue weighted by atomic mass is 10.1. The average Bonchev–Trinajstić information content (AvgIpc) is 2.07. The molecule has 0 aromatic heterocycles. The van der Waals surface area contributed by atoms with Gasteiger partial charge in [-0.05, 0) is 24.6 Å². The summed E-state index contributed by atoms with van der Waals surface area (Å²) in [7, 11) is 0. The second kappa shape index (κ2) is 3.23. The Bertz CT molecular complexity index is 438. The van der Waals surface area contributed by atoms with Crippen molar-refractivity contribution in [3.8, 4) is 5.75 Å². The minimum atomic E-state index is -0.890. The monoisotopic (exact) mass is 270 g/mol. The Hall–Kier alpha value is -1.03. The van der Waals surface area contributed by atoms with Crippen molar-refractivity contribution in [1.82, 2.24) is 0 Å². The van der Waals surface area contributed by atoms with Gasteiger partial charge in [0.1, 0.15) is 11.3 Å². The van der Waals surface area contributed by atoms with E-state index < -0.39 is 5.79 Å². The van der Waals surface area contributed by atoms with Crippen LogP contribution >= 0.6 is 15.9 Å². The molecular formula is C11H11BrO3. The number of rotatable bonds is 0. The molecule has 0 saturated heterocycles. The van der Waals surface area contributed by atoms with E-state index in [2.05, 4.69) is 15.9 Å². The number of fused-ring (bicyclic) bond motifs is 1. The number of ether oxygens (including phenoxy) is 2. The molecule has 0 atom stereocenters. The summed E-state index contributed by atoms with van der Waals surface area (Å²) < 4.78 is 11.6. The van der Waals surface area contributed by atoms with Gasteiger partial charge in [0.25, 0.3) is 0 Å². The quantitative estimate of drug-likeness (QED) is 0.680. The maximum Gasteiger partial charge on any atom is 0.345 e. The van der Waals surface area contributed by atoms with Crippen molar-refractivity contribution in [2.75, 3.05) is 0 Å². The van der Waals surface area contributed by atoms with Crippen LogP contribution in [0.3, 0.4) is 0 Å². The van der Waals surface area contributed by atoms with Crippen LogP contribution in [0.1, 0.15) is 29.8 Å². The number of cyclic esters (lactones) is 1. The van der Waals surface area contributed by atoms with Crippen LogP contribution in [0.2, 0.25) is 0 Å². The molecular weight excluding hydrogens is 260 g/mol. The third-order valence-electron chi connectivity index (χ3n) is 2.17. The molecule has 1 aliphatic rings. The Kier molecular flexibility index (Phi) is 2.26. The maximum atomic E-state index is 11.6. The number of carbonyl (C=O) groups is 1. The highest BCUT2D eigenvalue weighted by atomic mass is 79.9. The van der Waals surface area contributed by atoms with Gasteiger partial charge in [0.15, 0.2) is 0 Å². The molecule has 80 valence electrons. The molecule has 0 radical (unpaired) electrons. The van der Waals surface area contributed by atoms with E-state index in [9.17, 15) is 4.79 Å². The molecule has 1 aromatic carbocycles. The highest BCUT2D eigenvalue weighted by molar-refractivity contribution is 9.10. The zero-order chi connectivity index (χ0) is 11.2. The van der Waals surface area contributed by atoms with Gasteiger partial charge >= 0.3 is 5.97 Å². The van der Waals surface area contributed by atoms with Gasteiger partial charge in [-0.2, -0.15) is 0 Å². The standard InChI is InChI=1S/C11H11BrO3/c1-6-4-7-9(5-8(6)12)14-11(2,3)15-10(7)13/h4-5H,1-3H3. The molecule has 1 heterocycles. The predicted octanol–water partition coefficient (Wildman–Crippen LogP) is 3.04. The Balaban J connectivity index is 2.56. The number of hydrogen-bond donors (Lipinski definition) is 0. The molecule has 1 aliphatic heterocycles. The fourth-order valence-electron chi connectivity index (χ4n) is 1.47. The Morgan fingerprint density at radius 3 is 2.60 bits per heavy atom. The van der Waals surface area contributed by atoms with E-state index in [1.807, 2.05) is 6.92 Å². The van der Waals surface area contributed by atoms with Gasteiger partial charge < -0.3 is 9.47 Å². The van der Waals surface area contributed by atoms with Crippen molar-refractivity contribution in [1.29, 1.82) is 0 Å². The summed E-state index contributed by atoms with van der Waals surface area (Å²) in [6.07, 6.45) is 0. The van der Waals surface area contributed by atoms with Crippen molar-refractivity contribution in [3.05, 3.63) is 27.7 Å². The van der Waals surface area contributed by atoms with Crippen molar-refractivity contribution in [3.63, 3.8) is 0 Å². The van der Waals surface area contributed by atoms with E-state index in [-0.39, 0.29) is 5.97 Å². The third-order valence-corrected chi connectivity index (χ3v) is 3.03. The molecule has 2 rings (SSSR count). The zero-order valence-corrected chi connectivity index (χ0v) is 10.3. The second-order valence-electron chi connectivity index (χ2n) is 3.99. The van der Waals surface area contributed by atoms with Crippen molar-refractivity contribution in [2.45, 2.75) is 26.6 Å². The fraction of sp³-hybridized carbons (Fsp3) is 0.364. The Labute approximate surface area is 96.5 Å². The molecule has 1 aromatic rings. The van der Waals surface area contributed by atoms with E-state index >= 15 is 0 Å². The summed E-state index contributed by atoms with van der Waals surface area (Å²) in [6.45, 7) is 5.33. The van der Waals surface area contributed by atoms with Crippen LogP contribution in [0.15, 0.2) is 16.6 Å². The largest absolute Gasteiger partial charge is 0.452 e. The van der Waals surface area contributed by atoms with Crippen LogP contribution in [0, 0.1) is 6.92 Å². The molecule has 15 heavy (non-hydrogen) atoms. The first-order valence-corrected chi connectivity index (χ1v) is 5.41. The normalized spacial score (nSPS) is 17.7. The van der Waals surface area contributed by atoms with Gasteiger partial charge in [-0.25, -0.2) is 4.79 Å². The Morgan fingerprint density at radius 1 is 1.27 bits per heavy atom. The molecule has 0 N–H and O–H groups in total. The Morgan fingerprint density at radius 2 is 1.93 bits per heavy atom. The van der Waals surface area contributed by atoms with Crippen molar-refractivity contribution in [2.24, 2.45) is 0 Å². The molecule has 0 bridgehead atoms. The molecule has 0 spiro atoms. The number of carbonyl (C=O) groups excluding carboxylic acids is 1. The van der Waals surface area contributed by atoms with Gasteiger partial charge in [-0.15, -0.1) is 0 Å².